The van der Waals surface area contributed by atoms with Crippen LogP contribution < -0.4 is 15.4 Å². The van der Waals surface area contributed by atoms with E-state index in [-0.39, 0.29) is 36.7 Å². The van der Waals surface area contributed by atoms with E-state index in [2.05, 4.69) is 10.6 Å². The highest BCUT2D eigenvalue weighted by atomic mass is 19.1. The molecule has 0 spiro atoms. The van der Waals surface area contributed by atoms with Gasteiger partial charge in [-0.25, -0.2) is 4.39 Å². The molecule has 2 aromatic carbocycles. The highest BCUT2D eigenvalue weighted by molar-refractivity contribution is 6.05. The highest BCUT2D eigenvalue weighted by Gasteiger charge is 2.39. The molecule has 9 heteroatoms. The lowest BCUT2D eigenvalue weighted by atomic mass is 9.94. The average Bonchev–Trinajstić information content (AvgIpc) is 3.70. The lowest BCUT2D eigenvalue weighted by Gasteiger charge is -2.42. The van der Waals surface area contributed by atoms with Gasteiger partial charge in [0.1, 0.15) is 24.3 Å². The van der Waals surface area contributed by atoms with Crippen molar-refractivity contribution in [3.8, 4) is 5.75 Å². The van der Waals surface area contributed by atoms with E-state index in [0.717, 1.165) is 6.54 Å². The Balaban J connectivity index is 1.25. The molecule has 3 atom stereocenters. The second kappa shape index (κ2) is 10.3. The summed E-state index contributed by atoms with van der Waals surface area (Å²) in [5.41, 5.74) is 1.08. The van der Waals surface area contributed by atoms with Crippen LogP contribution in [-0.2, 0) is 9.53 Å². The summed E-state index contributed by atoms with van der Waals surface area (Å²) in [5.74, 6) is -0.0370. The summed E-state index contributed by atoms with van der Waals surface area (Å²) in [5, 5.41) is 5.74. The van der Waals surface area contributed by atoms with Gasteiger partial charge in [-0.1, -0.05) is 0 Å². The van der Waals surface area contributed by atoms with Crippen LogP contribution in [0.25, 0.3) is 0 Å². The Hall–Kier alpha value is -3.46. The molecule has 0 unspecified atom stereocenters. The van der Waals surface area contributed by atoms with Crippen LogP contribution in [0.2, 0.25) is 0 Å². The second-order valence-electron chi connectivity index (χ2n) is 9.79. The zero-order chi connectivity index (χ0) is 25.2. The van der Waals surface area contributed by atoms with Crippen molar-refractivity contribution in [3.63, 3.8) is 0 Å². The number of nitrogens with zero attached hydrogens (tertiary/aromatic N) is 1. The van der Waals surface area contributed by atoms with Crippen molar-refractivity contribution >= 4 is 23.4 Å². The topological polar surface area (TPSA) is 97.0 Å². The standard InChI is InChI=1S/C27H30FN3O5/c1-31-22-10-9-20(13-25(32)29-14-16-2-3-16)36-24(22)15-35-23-11-8-19(12-21(23)27(31)34)30-26(33)17-4-6-18(28)7-5-17/h4-8,11-12,16,20,22,24H,2-3,9-10,13-15H2,1H3,(H,29,32)(H,30,33)/t20-,22-,24-/m0/s1. The number of anilines is 1. The minimum Gasteiger partial charge on any atom is -0.490 e. The van der Waals surface area contributed by atoms with Crippen molar-refractivity contribution in [2.24, 2.45) is 5.92 Å². The zero-order valence-corrected chi connectivity index (χ0v) is 20.2. The Morgan fingerprint density at radius 3 is 2.61 bits per heavy atom. The number of hydrogen-bond acceptors (Lipinski definition) is 5. The van der Waals surface area contributed by atoms with Gasteiger partial charge >= 0.3 is 0 Å². The van der Waals surface area contributed by atoms with Crippen molar-refractivity contribution in [2.75, 3.05) is 25.5 Å². The Labute approximate surface area is 209 Å². The molecule has 0 radical (unpaired) electrons. The molecule has 5 rings (SSSR count). The Morgan fingerprint density at radius 2 is 1.86 bits per heavy atom. The summed E-state index contributed by atoms with van der Waals surface area (Å²) in [7, 11) is 1.74. The van der Waals surface area contributed by atoms with Gasteiger partial charge < -0.3 is 25.0 Å². The number of halogens is 1. The molecule has 2 heterocycles. The molecule has 1 saturated carbocycles. The smallest absolute Gasteiger partial charge is 0.257 e. The van der Waals surface area contributed by atoms with Crippen LogP contribution in [0.1, 0.15) is 52.8 Å². The fraction of sp³-hybridized carbons (Fsp3) is 0.444. The molecule has 8 nitrogen and oxygen atoms in total. The van der Waals surface area contributed by atoms with Crippen molar-refractivity contribution in [1.82, 2.24) is 10.2 Å². The first kappa shape index (κ1) is 24.2. The van der Waals surface area contributed by atoms with Crippen molar-refractivity contribution in [1.29, 1.82) is 0 Å². The number of amides is 3. The molecular formula is C27H30FN3O5. The number of likely N-dealkylation sites (N-methyl/N-ethyl adjacent to an activating group) is 1. The molecule has 2 fully saturated rings. The van der Waals surface area contributed by atoms with Gasteiger partial charge in [0.2, 0.25) is 5.91 Å². The fourth-order valence-corrected chi connectivity index (χ4v) is 4.77. The van der Waals surface area contributed by atoms with E-state index < -0.39 is 11.7 Å². The molecule has 36 heavy (non-hydrogen) atoms. The third-order valence-electron chi connectivity index (χ3n) is 7.07. The molecule has 0 bridgehead atoms. The Kier molecular flexibility index (Phi) is 6.91. The summed E-state index contributed by atoms with van der Waals surface area (Å²) < 4.78 is 25.4. The summed E-state index contributed by atoms with van der Waals surface area (Å²) in [6, 6.07) is 9.93. The predicted octanol–water partition coefficient (Wildman–Crippen LogP) is 3.37. The lowest BCUT2D eigenvalue weighted by Crippen LogP contribution is -2.54. The highest BCUT2D eigenvalue weighted by Crippen LogP contribution is 2.33. The third kappa shape index (κ3) is 5.51. The van der Waals surface area contributed by atoms with Gasteiger partial charge in [-0.2, -0.15) is 0 Å². The Morgan fingerprint density at radius 1 is 1.08 bits per heavy atom. The largest absolute Gasteiger partial charge is 0.490 e. The van der Waals surface area contributed by atoms with E-state index in [4.69, 9.17) is 9.47 Å². The zero-order valence-electron chi connectivity index (χ0n) is 20.2. The van der Waals surface area contributed by atoms with Gasteiger partial charge in [-0.15, -0.1) is 0 Å². The molecule has 3 aliphatic rings. The molecule has 1 saturated heterocycles. The van der Waals surface area contributed by atoms with Crippen LogP contribution in [0.3, 0.4) is 0 Å². The third-order valence-corrected chi connectivity index (χ3v) is 7.07. The van der Waals surface area contributed by atoms with E-state index in [1.165, 1.54) is 37.1 Å². The molecule has 2 aromatic rings. The molecule has 1 aliphatic carbocycles. The van der Waals surface area contributed by atoms with Crippen LogP contribution in [0.15, 0.2) is 42.5 Å². The number of hydrogen-bond donors (Lipinski definition) is 2. The summed E-state index contributed by atoms with van der Waals surface area (Å²) >= 11 is 0. The van der Waals surface area contributed by atoms with Gasteiger partial charge in [0, 0.05) is 24.8 Å². The Bertz CT molecular complexity index is 1150. The lowest BCUT2D eigenvalue weighted by molar-refractivity contribution is -0.134. The molecule has 0 aromatic heterocycles. The van der Waals surface area contributed by atoms with Gasteiger partial charge in [-0.05, 0) is 74.1 Å². The fourth-order valence-electron chi connectivity index (χ4n) is 4.77. The quantitative estimate of drug-likeness (QED) is 0.641. The number of carbonyl (C=O) groups excluding carboxylic acids is 3. The van der Waals surface area contributed by atoms with Crippen LogP contribution in [0, 0.1) is 11.7 Å². The van der Waals surface area contributed by atoms with Crippen LogP contribution in [-0.4, -0.2) is 61.1 Å². The maximum atomic E-state index is 13.4. The summed E-state index contributed by atoms with van der Waals surface area (Å²) in [6.45, 7) is 0.984. The minimum atomic E-state index is -0.424. The van der Waals surface area contributed by atoms with Crippen molar-refractivity contribution in [2.45, 2.75) is 50.4 Å². The van der Waals surface area contributed by atoms with Gasteiger partial charge in [0.25, 0.3) is 11.8 Å². The van der Waals surface area contributed by atoms with E-state index >= 15 is 0 Å². The van der Waals surface area contributed by atoms with E-state index in [1.807, 2.05) is 0 Å². The number of fused-ring (bicyclic) bond motifs is 2. The first-order valence-corrected chi connectivity index (χ1v) is 12.4. The van der Waals surface area contributed by atoms with Crippen molar-refractivity contribution < 1.29 is 28.2 Å². The monoisotopic (exact) mass is 495 g/mol. The number of rotatable bonds is 6. The van der Waals surface area contributed by atoms with Crippen LogP contribution in [0.5, 0.6) is 5.75 Å². The minimum absolute atomic E-state index is 0.00195. The molecule has 190 valence electrons. The predicted molar refractivity (Wildman–Crippen MR) is 130 cm³/mol. The molecule has 2 aliphatic heterocycles. The average molecular weight is 496 g/mol. The summed E-state index contributed by atoms with van der Waals surface area (Å²) in [4.78, 5) is 39.9. The van der Waals surface area contributed by atoms with Crippen molar-refractivity contribution in [3.05, 3.63) is 59.4 Å². The van der Waals surface area contributed by atoms with Gasteiger partial charge in [0.05, 0.1) is 24.1 Å². The first-order chi connectivity index (χ1) is 17.4. The molecule has 2 N–H and O–H groups in total. The maximum Gasteiger partial charge on any atom is 0.257 e. The number of nitrogens with one attached hydrogen (secondary N) is 2. The maximum absolute atomic E-state index is 13.4. The SMILES string of the molecule is CN1C(=O)c2cc(NC(=O)c3ccc(F)cc3)ccc2OC[C@@H]2O[C@H](CC(=O)NCC3CC3)CC[C@@H]21. The molecular weight excluding hydrogens is 465 g/mol. The van der Waals surface area contributed by atoms with Gasteiger partial charge in [0.15, 0.2) is 0 Å². The first-order valence-electron chi connectivity index (χ1n) is 12.4. The number of benzene rings is 2. The number of carbonyl (C=O) groups is 3. The normalized spacial score (nSPS) is 23.4. The number of ether oxygens (including phenoxy) is 2. The molecule has 3 amide bonds. The van der Waals surface area contributed by atoms with Crippen LogP contribution in [0.4, 0.5) is 10.1 Å². The van der Waals surface area contributed by atoms with Gasteiger partial charge in [-0.3, -0.25) is 14.4 Å². The summed E-state index contributed by atoms with van der Waals surface area (Å²) in [6.07, 6.45) is 3.50. The van der Waals surface area contributed by atoms with E-state index in [0.29, 0.717) is 47.7 Å². The van der Waals surface area contributed by atoms with E-state index in [9.17, 15) is 18.8 Å². The van der Waals surface area contributed by atoms with E-state index in [1.54, 1.807) is 30.1 Å². The van der Waals surface area contributed by atoms with Crippen LogP contribution >= 0.6 is 0 Å². The second-order valence-corrected chi connectivity index (χ2v) is 9.79.